The van der Waals surface area contributed by atoms with Gasteiger partial charge in [0.1, 0.15) is 5.82 Å². The molecule has 0 aromatic heterocycles. The quantitative estimate of drug-likeness (QED) is 0.707. The minimum absolute atomic E-state index is 0.0793. The highest BCUT2D eigenvalue weighted by Gasteiger charge is 2.28. The highest BCUT2D eigenvalue weighted by atomic mass is 32.2. The zero-order valence-electron chi connectivity index (χ0n) is 13.6. The first kappa shape index (κ1) is 20.4. The number of hydrogen-bond donors (Lipinski definition) is 0. The summed E-state index contributed by atoms with van der Waals surface area (Å²) < 4.78 is 87.6. The Morgan fingerprint density at radius 2 is 1.54 bits per heavy atom. The van der Waals surface area contributed by atoms with E-state index in [1.807, 2.05) is 0 Å². The molecule has 0 aliphatic rings. The Hall–Kier alpha value is -1.91. The molecule has 2 aromatic rings. The van der Waals surface area contributed by atoms with Gasteiger partial charge in [-0.2, -0.15) is 13.1 Å². The van der Waals surface area contributed by atoms with Crippen LogP contribution in [-0.2, 0) is 26.4 Å². The van der Waals surface area contributed by atoms with Crippen LogP contribution in [0.4, 0.5) is 13.2 Å². The van der Waals surface area contributed by atoms with Crippen molar-refractivity contribution in [3.05, 3.63) is 59.9 Å². The number of nitrogens with zero attached hydrogens (tertiary/aromatic N) is 1. The largest absolute Gasteiger partial charge is 0.341 e. The van der Waals surface area contributed by atoms with E-state index in [2.05, 4.69) is 0 Å². The van der Waals surface area contributed by atoms with Crippen molar-refractivity contribution in [1.82, 2.24) is 4.31 Å². The van der Waals surface area contributed by atoms with Gasteiger partial charge in [-0.1, -0.05) is 19.1 Å². The number of sulfonamides is 1. The summed E-state index contributed by atoms with van der Waals surface area (Å²) >= 11 is 0. The Morgan fingerprint density at radius 3 is 2.04 bits per heavy atom. The van der Waals surface area contributed by atoms with E-state index < -0.39 is 36.3 Å². The summed E-state index contributed by atoms with van der Waals surface area (Å²) in [7, 11) is -8.82. The summed E-state index contributed by atoms with van der Waals surface area (Å²) in [5.74, 6) is -4.09. The molecule has 0 radical (unpaired) electrons. The third-order valence-corrected chi connectivity index (χ3v) is 6.96. The summed E-state index contributed by atoms with van der Waals surface area (Å²) in [6.07, 6.45) is 0. The number of hydrogen-bond acceptors (Lipinski definition) is 4. The molecule has 2 rings (SSSR count). The van der Waals surface area contributed by atoms with Crippen LogP contribution in [0, 0.1) is 5.82 Å². The second kappa shape index (κ2) is 7.77. The zero-order chi connectivity index (χ0) is 19.5. The van der Waals surface area contributed by atoms with Crippen LogP contribution in [0.2, 0.25) is 0 Å². The van der Waals surface area contributed by atoms with Crippen molar-refractivity contribution < 1.29 is 30.0 Å². The van der Waals surface area contributed by atoms with Crippen molar-refractivity contribution in [3.63, 3.8) is 0 Å². The molecule has 0 atom stereocenters. The maximum absolute atomic E-state index is 13.3. The van der Waals surface area contributed by atoms with Gasteiger partial charge in [0.05, 0.1) is 9.79 Å². The summed E-state index contributed by atoms with van der Waals surface area (Å²) in [5.41, 5.74) is 0.437. The van der Waals surface area contributed by atoms with Crippen molar-refractivity contribution >= 4 is 19.9 Å². The van der Waals surface area contributed by atoms with Gasteiger partial charge >= 0.3 is 5.76 Å². The second-order valence-electron chi connectivity index (χ2n) is 5.34. The van der Waals surface area contributed by atoms with Gasteiger partial charge in [-0.15, -0.1) is 0 Å². The number of sulfone groups is 1. The Balaban J connectivity index is 2.33. The van der Waals surface area contributed by atoms with Crippen molar-refractivity contribution in [2.24, 2.45) is 0 Å². The topological polar surface area (TPSA) is 71.5 Å². The molecule has 2 aromatic carbocycles. The molecule has 0 heterocycles. The van der Waals surface area contributed by atoms with Crippen LogP contribution < -0.4 is 0 Å². The second-order valence-corrected chi connectivity index (χ2v) is 9.19. The minimum atomic E-state index is -4.80. The Morgan fingerprint density at radius 1 is 0.962 bits per heavy atom. The van der Waals surface area contributed by atoms with Gasteiger partial charge in [-0.05, 0) is 42.0 Å². The number of halogens is 3. The van der Waals surface area contributed by atoms with Gasteiger partial charge in [-0.25, -0.2) is 21.2 Å². The molecule has 0 bridgehead atoms. The molecule has 0 amide bonds. The van der Waals surface area contributed by atoms with Crippen LogP contribution in [0.5, 0.6) is 0 Å². The monoisotopic (exact) mass is 407 g/mol. The predicted octanol–water partition coefficient (Wildman–Crippen LogP) is 3.03. The number of alkyl halides is 2. The van der Waals surface area contributed by atoms with Crippen molar-refractivity contribution in [3.8, 4) is 0 Å². The van der Waals surface area contributed by atoms with E-state index in [9.17, 15) is 30.0 Å². The Bertz CT molecular complexity index is 975. The lowest BCUT2D eigenvalue weighted by Crippen LogP contribution is -2.30. The standard InChI is InChI=1S/C16H16F3NO4S2/c1-2-20(11-12-4-3-5-13(17)10-12)26(23,24)15-8-6-14(7-9-15)25(21,22)16(18)19/h3-10,16H,2,11H2,1H3. The summed E-state index contributed by atoms with van der Waals surface area (Å²) in [6.45, 7) is 1.58. The van der Waals surface area contributed by atoms with E-state index in [-0.39, 0.29) is 18.0 Å². The van der Waals surface area contributed by atoms with Crippen LogP contribution in [0.25, 0.3) is 0 Å². The van der Waals surface area contributed by atoms with Crippen molar-refractivity contribution in [2.75, 3.05) is 6.54 Å². The lowest BCUT2D eigenvalue weighted by Gasteiger charge is -2.21. The van der Waals surface area contributed by atoms with Crippen LogP contribution in [0.1, 0.15) is 12.5 Å². The molecule has 5 nitrogen and oxygen atoms in total. The molecule has 142 valence electrons. The van der Waals surface area contributed by atoms with Crippen LogP contribution in [0.15, 0.2) is 58.3 Å². The van der Waals surface area contributed by atoms with Crippen molar-refractivity contribution in [2.45, 2.75) is 29.0 Å². The minimum Gasteiger partial charge on any atom is -0.218 e. The normalized spacial score (nSPS) is 12.7. The molecule has 0 aliphatic carbocycles. The fourth-order valence-corrected chi connectivity index (χ4v) is 4.42. The number of rotatable bonds is 7. The molecular weight excluding hydrogens is 391 g/mol. The van der Waals surface area contributed by atoms with Crippen LogP contribution in [-0.4, -0.2) is 33.4 Å². The molecule has 0 unspecified atom stereocenters. The van der Waals surface area contributed by atoms with Gasteiger partial charge in [0.2, 0.25) is 19.9 Å². The molecule has 0 fully saturated rings. The molecule has 0 N–H and O–H groups in total. The van der Waals surface area contributed by atoms with Crippen LogP contribution in [0.3, 0.4) is 0 Å². The van der Waals surface area contributed by atoms with Gasteiger partial charge in [0.15, 0.2) is 0 Å². The number of benzene rings is 2. The zero-order valence-corrected chi connectivity index (χ0v) is 15.3. The van der Waals surface area contributed by atoms with E-state index >= 15 is 0 Å². The van der Waals surface area contributed by atoms with E-state index in [1.54, 1.807) is 13.0 Å². The van der Waals surface area contributed by atoms with Gasteiger partial charge < -0.3 is 0 Å². The van der Waals surface area contributed by atoms with Crippen LogP contribution >= 0.6 is 0 Å². The fraction of sp³-hybridized carbons (Fsp3) is 0.250. The van der Waals surface area contributed by atoms with E-state index in [1.165, 1.54) is 18.2 Å². The lowest BCUT2D eigenvalue weighted by atomic mass is 10.2. The first-order chi connectivity index (χ1) is 12.1. The van der Waals surface area contributed by atoms with Gasteiger partial charge in [0.25, 0.3) is 0 Å². The third-order valence-electron chi connectivity index (χ3n) is 3.63. The summed E-state index contributed by atoms with van der Waals surface area (Å²) in [6, 6.07) is 9.02. The van der Waals surface area contributed by atoms with Gasteiger partial charge in [-0.3, -0.25) is 0 Å². The third kappa shape index (κ3) is 4.25. The molecule has 0 spiro atoms. The molecule has 0 saturated heterocycles. The van der Waals surface area contributed by atoms with E-state index in [0.717, 1.165) is 28.6 Å². The average molecular weight is 407 g/mol. The average Bonchev–Trinajstić information content (AvgIpc) is 2.59. The highest BCUT2D eigenvalue weighted by molar-refractivity contribution is 7.91. The maximum atomic E-state index is 13.3. The molecule has 0 aliphatic heterocycles. The Kier molecular flexibility index (Phi) is 6.09. The first-order valence-electron chi connectivity index (χ1n) is 7.45. The highest BCUT2D eigenvalue weighted by Crippen LogP contribution is 2.23. The fourth-order valence-electron chi connectivity index (χ4n) is 2.26. The first-order valence-corrected chi connectivity index (χ1v) is 10.4. The molecule has 26 heavy (non-hydrogen) atoms. The van der Waals surface area contributed by atoms with E-state index in [4.69, 9.17) is 0 Å². The Labute approximate surface area is 150 Å². The molecule has 0 saturated carbocycles. The van der Waals surface area contributed by atoms with E-state index in [0.29, 0.717) is 5.56 Å². The molecule has 10 heteroatoms. The summed E-state index contributed by atoms with van der Waals surface area (Å²) in [5, 5.41) is 0. The molecular formula is C16H16F3NO4S2. The smallest absolute Gasteiger partial charge is 0.218 e. The lowest BCUT2D eigenvalue weighted by molar-refractivity contribution is 0.234. The predicted molar refractivity (Wildman–Crippen MR) is 89.3 cm³/mol. The summed E-state index contributed by atoms with van der Waals surface area (Å²) in [4.78, 5) is -0.913. The maximum Gasteiger partial charge on any atom is 0.341 e. The van der Waals surface area contributed by atoms with Crippen molar-refractivity contribution in [1.29, 1.82) is 0 Å². The SMILES string of the molecule is CCN(Cc1cccc(F)c1)S(=O)(=O)c1ccc(S(=O)(=O)C(F)F)cc1. The van der Waals surface area contributed by atoms with Gasteiger partial charge in [0, 0.05) is 13.1 Å².